The molecule has 9 nitrogen and oxygen atoms in total. The molecule has 5 rings (SSSR count). The Morgan fingerprint density at radius 2 is 2.09 bits per heavy atom. The van der Waals surface area contributed by atoms with Gasteiger partial charge < -0.3 is 10.2 Å². The first kappa shape index (κ1) is 21.9. The third-order valence-corrected chi connectivity index (χ3v) is 5.83. The number of carbonyl (C=O) groups is 1. The molecule has 0 bridgehead atoms. The molecule has 1 atom stereocenters. The third-order valence-electron chi connectivity index (χ3n) is 5.83. The van der Waals surface area contributed by atoms with Crippen LogP contribution in [0.4, 0.5) is 24.8 Å². The van der Waals surface area contributed by atoms with Crippen LogP contribution in [0.1, 0.15) is 29.0 Å². The Morgan fingerprint density at radius 3 is 2.85 bits per heavy atom. The summed E-state index contributed by atoms with van der Waals surface area (Å²) in [6, 6.07) is 5.76. The Morgan fingerprint density at radius 1 is 1.26 bits per heavy atom. The van der Waals surface area contributed by atoms with Crippen LogP contribution in [0.3, 0.4) is 0 Å². The lowest BCUT2D eigenvalue weighted by Gasteiger charge is -2.21. The van der Waals surface area contributed by atoms with Gasteiger partial charge in [-0.2, -0.15) is 10.1 Å². The van der Waals surface area contributed by atoms with Crippen molar-refractivity contribution in [3.63, 3.8) is 0 Å². The van der Waals surface area contributed by atoms with E-state index in [0.29, 0.717) is 30.6 Å². The number of pyridine rings is 2. The van der Waals surface area contributed by atoms with Crippen molar-refractivity contribution in [2.24, 2.45) is 7.05 Å². The van der Waals surface area contributed by atoms with Gasteiger partial charge in [0.15, 0.2) is 11.5 Å². The van der Waals surface area contributed by atoms with Crippen LogP contribution in [0.25, 0.3) is 16.9 Å². The van der Waals surface area contributed by atoms with E-state index >= 15 is 0 Å². The fraction of sp³-hybridized carbons (Fsp3) is 0.318. The summed E-state index contributed by atoms with van der Waals surface area (Å²) < 4.78 is 44.0. The van der Waals surface area contributed by atoms with Crippen LogP contribution < -0.4 is 10.2 Å². The number of fused-ring (bicyclic) bond motifs is 1. The standard InChI is InChI=1S/C22H21F3N8O/c1-12-5-3-6-15(27-12)13-10-26-31(2)19(13)21(34)28-16-9-18-29-22(30-33(18)11-14(16)23)32-8-4-7-17(32)20(24)25/h3,5-6,9-11,17,20H,4,7-8H2,1-2H3,(H,28,34)/t17-/m1/s1. The summed E-state index contributed by atoms with van der Waals surface area (Å²) in [5, 5.41) is 10.9. The van der Waals surface area contributed by atoms with E-state index < -0.39 is 24.2 Å². The Balaban J connectivity index is 1.45. The highest BCUT2D eigenvalue weighted by Gasteiger charge is 2.34. The second-order valence-electron chi connectivity index (χ2n) is 8.14. The number of amides is 1. The van der Waals surface area contributed by atoms with E-state index in [9.17, 15) is 18.0 Å². The van der Waals surface area contributed by atoms with E-state index in [2.05, 4.69) is 25.5 Å². The highest BCUT2D eigenvalue weighted by molar-refractivity contribution is 6.07. The monoisotopic (exact) mass is 470 g/mol. The summed E-state index contributed by atoms with van der Waals surface area (Å²) in [6.07, 6.45) is 0.989. The van der Waals surface area contributed by atoms with Gasteiger partial charge in [-0.25, -0.2) is 17.7 Å². The molecule has 5 heterocycles. The lowest BCUT2D eigenvalue weighted by Crippen LogP contribution is -2.35. The molecule has 1 aliphatic rings. The number of nitrogens with zero attached hydrogens (tertiary/aromatic N) is 7. The van der Waals surface area contributed by atoms with Crippen molar-refractivity contribution >= 4 is 23.2 Å². The van der Waals surface area contributed by atoms with E-state index in [0.717, 1.165) is 11.9 Å². The van der Waals surface area contributed by atoms with Gasteiger partial charge in [-0.15, -0.1) is 5.10 Å². The Hall–Kier alpha value is -3.96. The van der Waals surface area contributed by atoms with Gasteiger partial charge in [0.05, 0.1) is 35.4 Å². The number of hydrogen-bond donors (Lipinski definition) is 1. The van der Waals surface area contributed by atoms with E-state index in [1.54, 1.807) is 13.1 Å². The average molecular weight is 470 g/mol. The maximum Gasteiger partial charge on any atom is 0.274 e. The molecule has 0 radical (unpaired) electrons. The van der Waals surface area contributed by atoms with E-state index in [1.165, 1.54) is 26.4 Å². The van der Waals surface area contributed by atoms with Crippen molar-refractivity contribution < 1.29 is 18.0 Å². The predicted octanol–water partition coefficient (Wildman–Crippen LogP) is 3.46. The van der Waals surface area contributed by atoms with Crippen LogP contribution in [0.5, 0.6) is 0 Å². The lowest BCUT2D eigenvalue weighted by atomic mass is 10.1. The normalized spacial score (nSPS) is 16.1. The first-order valence-electron chi connectivity index (χ1n) is 10.7. The number of rotatable bonds is 5. The summed E-state index contributed by atoms with van der Waals surface area (Å²) >= 11 is 0. The van der Waals surface area contributed by atoms with Crippen molar-refractivity contribution in [3.05, 3.63) is 53.9 Å². The number of alkyl halides is 2. The van der Waals surface area contributed by atoms with Gasteiger partial charge in [0.1, 0.15) is 5.69 Å². The number of nitrogens with one attached hydrogen (secondary N) is 1. The minimum Gasteiger partial charge on any atom is -0.331 e. The lowest BCUT2D eigenvalue weighted by molar-refractivity contribution is 0.101. The minimum absolute atomic E-state index is 0.102. The largest absolute Gasteiger partial charge is 0.331 e. The Labute approximate surface area is 192 Å². The molecule has 1 fully saturated rings. The zero-order chi connectivity index (χ0) is 24.0. The summed E-state index contributed by atoms with van der Waals surface area (Å²) in [5.41, 5.74) is 2.15. The predicted molar refractivity (Wildman–Crippen MR) is 118 cm³/mol. The molecule has 4 aromatic rings. The topological polar surface area (TPSA) is 93.2 Å². The Kier molecular flexibility index (Phi) is 5.42. The zero-order valence-corrected chi connectivity index (χ0v) is 18.4. The summed E-state index contributed by atoms with van der Waals surface area (Å²) in [7, 11) is 1.61. The Bertz CT molecular complexity index is 1380. The number of hydrogen-bond acceptors (Lipinski definition) is 6. The van der Waals surface area contributed by atoms with Crippen LogP contribution in [0.2, 0.25) is 0 Å². The van der Waals surface area contributed by atoms with E-state index in [-0.39, 0.29) is 23.0 Å². The maximum absolute atomic E-state index is 14.8. The fourth-order valence-electron chi connectivity index (χ4n) is 4.18. The summed E-state index contributed by atoms with van der Waals surface area (Å²) in [6.45, 7) is 2.23. The molecule has 0 saturated carbocycles. The molecule has 0 unspecified atom stereocenters. The highest BCUT2D eigenvalue weighted by atomic mass is 19.3. The van der Waals surface area contributed by atoms with Crippen molar-refractivity contribution in [1.82, 2.24) is 29.4 Å². The van der Waals surface area contributed by atoms with Crippen LogP contribution in [-0.4, -0.2) is 54.3 Å². The van der Waals surface area contributed by atoms with E-state index in [4.69, 9.17) is 0 Å². The molecule has 1 saturated heterocycles. The molecule has 1 amide bonds. The van der Waals surface area contributed by atoms with Gasteiger partial charge >= 0.3 is 0 Å². The average Bonchev–Trinajstić information content (AvgIpc) is 3.51. The first-order valence-corrected chi connectivity index (χ1v) is 10.7. The first-order chi connectivity index (χ1) is 16.3. The van der Waals surface area contributed by atoms with Crippen LogP contribution in [-0.2, 0) is 7.05 Å². The van der Waals surface area contributed by atoms with Gasteiger partial charge in [-0.1, -0.05) is 6.07 Å². The van der Waals surface area contributed by atoms with Crippen LogP contribution >= 0.6 is 0 Å². The summed E-state index contributed by atoms with van der Waals surface area (Å²) in [4.78, 5) is 23.3. The molecular formula is C22H21F3N8O. The van der Waals surface area contributed by atoms with Crippen molar-refractivity contribution in [3.8, 4) is 11.3 Å². The smallest absolute Gasteiger partial charge is 0.274 e. The minimum atomic E-state index is -2.53. The molecular weight excluding hydrogens is 449 g/mol. The van der Waals surface area contributed by atoms with Gasteiger partial charge in [-0.3, -0.25) is 14.5 Å². The van der Waals surface area contributed by atoms with Gasteiger partial charge in [0.25, 0.3) is 12.3 Å². The SMILES string of the molecule is Cc1cccc(-c2cnn(C)c2C(=O)Nc2cc3nc(N4CCC[C@@H]4C(F)F)nn3cc2F)n1. The van der Waals surface area contributed by atoms with Gasteiger partial charge in [-0.05, 0) is 31.9 Å². The molecule has 12 heteroatoms. The van der Waals surface area contributed by atoms with Crippen LogP contribution in [0, 0.1) is 12.7 Å². The van der Waals surface area contributed by atoms with Crippen molar-refractivity contribution in [2.45, 2.75) is 32.2 Å². The molecule has 1 N–H and O–H groups in total. The summed E-state index contributed by atoms with van der Waals surface area (Å²) in [5.74, 6) is -1.23. The highest BCUT2D eigenvalue weighted by Crippen LogP contribution is 2.28. The molecule has 1 aliphatic heterocycles. The van der Waals surface area contributed by atoms with Gasteiger partial charge in [0, 0.05) is 25.4 Å². The molecule has 176 valence electrons. The molecule has 0 aliphatic carbocycles. The van der Waals surface area contributed by atoms with Gasteiger partial charge in [0.2, 0.25) is 5.95 Å². The maximum atomic E-state index is 14.8. The number of aromatic nitrogens is 6. The zero-order valence-electron chi connectivity index (χ0n) is 18.4. The molecule has 0 aromatic carbocycles. The molecule has 34 heavy (non-hydrogen) atoms. The van der Waals surface area contributed by atoms with Crippen molar-refractivity contribution in [1.29, 1.82) is 0 Å². The second kappa shape index (κ2) is 8.43. The van der Waals surface area contributed by atoms with Crippen molar-refractivity contribution in [2.75, 3.05) is 16.8 Å². The number of carbonyl (C=O) groups excluding carboxylic acids is 1. The third kappa shape index (κ3) is 3.84. The fourth-order valence-corrected chi connectivity index (χ4v) is 4.18. The molecule has 4 aromatic heterocycles. The number of halogens is 3. The van der Waals surface area contributed by atoms with Crippen LogP contribution in [0.15, 0.2) is 36.7 Å². The quantitative estimate of drug-likeness (QED) is 0.480. The number of anilines is 2. The second-order valence-corrected chi connectivity index (χ2v) is 8.14. The van der Waals surface area contributed by atoms with E-state index in [1.807, 2.05) is 19.1 Å². The molecule has 0 spiro atoms. The number of aryl methyl sites for hydroxylation is 2.